The summed E-state index contributed by atoms with van der Waals surface area (Å²) < 4.78 is 32.1. The zero-order chi connectivity index (χ0) is 24.0. The second-order valence-electron chi connectivity index (χ2n) is 9.14. The van der Waals surface area contributed by atoms with Gasteiger partial charge in [0.25, 0.3) is 0 Å². The van der Waals surface area contributed by atoms with Gasteiger partial charge in [0.2, 0.25) is 10.0 Å². The molecule has 2 saturated heterocycles. The van der Waals surface area contributed by atoms with Crippen LogP contribution in [0, 0.1) is 0 Å². The summed E-state index contributed by atoms with van der Waals surface area (Å²) >= 11 is 1.79. The predicted molar refractivity (Wildman–Crippen MR) is 139 cm³/mol. The molecule has 0 atom stereocenters. The monoisotopic (exact) mass is 512 g/mol. The first-order chi connectivity index (χ1) is 17.0. The minimum Gasteiger partial charge on any atom is -0.378 e. The topological polar surface area (TPSA) is 94.7 Å². The molecule has 4 aromatic rings. The number of benzene rings is 1. The number of sulfonamides is 1. The third kappa shape index (κ3) is 4.54. The van der Waals surface area contributed by atoms with Crippen LogP contribution in [0.1, 0.15) is 4.88 Å². The second-order valence-corrected chi connectivity index (χ2v) is 12.3. The number of nitrogens with zero attached hydrogens (tertiary/aromatic N) is 5. The number of thiophene rings is 1. The van der Waals surface area contributed by atoms with Gasteiger partial charge in [-0.2, -0.15) is 9.40 Å². The number of aromatic amines is 1. The Morgan fingerprint density at radius 3 is 2.66 bits per heavy atom. The fraction of sp³-hybridized carbons (Fsp3) is 0.417. The van der Waals surface area contributed by atoms with Crippen LogP contribution in [0.2, 0.25) is 0 Å². The minimum absolute atomic E-state index is 0.545. The molecule has 3 aromatic heterocycles. The van der Waals surface area contributed by atoms with Crippen molar-refractivity contribution in [2.24, 2.45) is 0 Å². The van der Waals surface area contributed by atoms with Crippen molar-refractivity contribution in [3.8, 4) is 11.3 Å². The quantitative estimate of drug-likeness (QED) is 0.439. The normalized spacial score (nSPS) is 18.6. The first-order valence-corrected chi connectivity index (χ1v) is 14.5. The lowest BCUT2D eigenvalue weighted by molar-refractivity contribution is 0.122. The van der Waals surface area contributed by atoms with E-state index in [-0.39, 0.29) is 0 Å². The number of nitrogens with one attached hydrogen (secondary N) is 1. The molecule has 184 valence electrons. The Kier molecular flexibility index (Phi) is 5.97. The van der Waals surface area contributed by atoms with E-state index in [1.54, 1.807) is 15.6 Å². The molecule has 1 aromatic carbocycles. The number of anilines is 1. The van der Waals surface area contributed by atoms with Gasteiger partial charge >= 0.3 is 0 Å². The molecule has 0 spiro atoms. The highest BCUT2D eigenvalue weighted by Crippen LogP contribution is 2.38. The van der Waals surface area contributed by atoms with E-state index in [0.717, 1.165) is 60.7 Å². The van der Waals surface area contributed by atoms with Crippen molar-refractivity contribution in [1.82, 2.24) is 24.4 Å². The molecule has 1 N–H and O–H groups in total. The number of piperazine rings is 1. The summed E-state index contributed by atoms with van der Waals surface area (Å²) in [5.41, 5.74) is 3.01. The SMILES string of the molecule is CS(=O)(=O)N1CCN(Cc2cc3cc(-c4cccc5[nH]ncc45)nc(N4CCOCC4)c3s2)CC1. The van der Waals surface area contributed by atoms with E-state index in [0.29, 0.717) is 26.3 Å². The molecule has 0 aliphatic carbocycles. The standard InChI is InChI=1S/C24H28N6O3S2/c1-35(31,32)30-7-5-28(6-8-30)16-18-13-17-14-22(19-3-2-4-21-20(19)15-25-27-21)26-24(23(17)34-18)29-9-11-33-12-10-29/h2-4,13-15H,5-12,16H2,1H3,(H,25,27). The molecule has 5 heterocycles. The predicted octanol–water partition coefficient (Wildman–Crippen LogP) is 2.75. The molecule has 0 amide bonds. The highest BCUT2D eigenvalue weighted by Gasteiger charge is 2.25. The molecule has 2 fully saturated rings. The van der Waals surface area contributed by atoms with Crippen LogP contribution in [0.4, 0.5) is 5.82 Å². The summed E-state index contributed by atoms with van der Waals surface area (Å²) in [5, 5.41) is 9.53. The first kappa shape index (κ1) is 22.9. The van der Waals surface area contributed by atoms with E-state index in [1.807, 2.05) is 18.3 Å². The van der Waals surface area contributed by atoms with Crippen LogP contribution in [0.3, 0.4) is 0 Å². The fourth-order valence-electron chi connectivity index (χ4n) is 4.92. The van der Waals surface area contributed by atoms with E-state index in [2.05, 4.69) is 38.2 Å². The number of H-pyrrole nitrogens is 1. The van der Waals surface area contributed by atoms with E-state index in [4.69, 9.17) is 9.72 Å². The van der Waals surface area contributed by atoms with Gasteiger partial charge in [-0.15, -0.1) is 11.3 Å². The van der Waals surface area contributed by atoms with Crippen molar-refractivity contribution in [3.05, 3.63) is 41.4 Å². The van der Waals surface area contributed by atoms with E-state index < -0.39 is 10.0 Å². The summed E-state index contributed by atoms with van der Waals surface area (Å²) in [6.07, 6.45) is 3.15. The van der Waals surface area contributed by atoms with Gasteiger partial charge in [0.05, 0.1) is 41.6 Å². The molecular weight excluding hydrogens is 484 g/mol. The van der Waals surface area contributed by atoms with Crippen molar-refractivity contribution in [1.29, 1.82) is 0 Å². The second kappa shape index (κ2) is 9.14. The van der Waals surface area contributed by atoms with Gasteiger partial charge in [0.1, 0.15) is 5.82 Å². The van der Waals surface area contributed by atoms with Crippen LogP contribution < -0.4 is 4.90 Å². The largest absolute Gasteiger partial charge is 0.378 e. The summed E-state index contributed by atoms with van der Waals surface area (Å²) in [6.45, 7) is 6.43. The van der Waals surface area contributed by atoms with Crippen LogP contribution in [-0.4, -0.2) is 91.5 Å². The van der Waals surface area contributed by atoms with Crippen molar-refractivity contribution < 1.29 is 13.2 Å². The average molecular weight is 513 g/mol. The molecule has 35 heavy (non-hydrogen) atoms. The Balaban J connectivity index is 1.36. The van der Waals surface area contributed by atoms with Crippen molar-refractivity contribution in [2.45, 2.75) is 6.54 Å². The summed E-state index contributed by atoms with van der Waals surface area (Å²) in [6, 6.07) is 10.6. The lowest BCUT2D eigenvalue weighted by Gasteiger charge is -2.32. The summed E-state index contributed by atoms with van der Waals surface area (Å²) in [7, 11) is -3.12. The van der Waals surface area contributed by atoms with Crippen LogP contribution in [0.5, 0.6) is 0 Å². The lowest BCUT2D eigenvalue weighted by atomic mass is 10.1. The summed E-state index contributed by atoms with van der Waals surface area (Å²) in [4.78, 5) is 11.1. The lowest BCUT2D eigenvalue weighted by Crippen LogP contribution is -2.47. The third-order valence-corrected chi connectivity index (χ3v) is 9.22. The Bertz CT molecular complexity index is 1470. The molecule has 6 rings (SSSR count). The van der Waals surface area contributed by atoms with E-state index in [1.165, 1.54) is 21.2 Å². The number of pyridine rings is 1. The summed E-state index contributed by atoms with van der Waals surface area (Å²) in [5.74, 6) is 1.01. The average Bonchev–Trinajstić information content (AvgIpc) is 3.50. The number of ether oxygens (including phenoxy) is 1. The van der Waals surface area contributed by atoms with Gasteiger partial charge in [-0.25, -0.2) is 13.4 Å². The van der Waals surface area contributed by atoms with Gasteiger partial charge in [0, 0.05) is 61.6 Å². The number of hydrogen-bond acceptors (Lipinski definition) is 8. The Morgan fingerprint density at radius 1 is 1.09 bits per heavy atom. The molecular formula is C24H28N6O3S2. The molecule has 0 unspecified atom stereocenters. The number of aromatic nitrogens is 3. The van der Waals surface area contributed by atoms with Gasteiger partial charge in [0.15, 0.2) is 0 Å². The Hall–Kier alpha value is -2.57. The third-order valence-electron chi connectivity index (χ3n) is 6.78. The zero-order valence-corrected chi connectivity index (χ0v) is 21.2. The van der Waals surface area contributed by atoms with E-state index in [9.17, 15) is 8.42 Å². The molecule has 0 bridgehead atoms. The highest BCUT2D eigenvalue weighted by atomic mass is 32.2. The molecule has 2 aliphatic rings. The molecule has 9 nitrogen and oxygen atoms in total. The number of rotatable bonds is 5. The van der Waals surface area contributed by atoms with Gasteiger partial charge in [-0.3, -0.25) is 10.00 Å². The molecule has 0 saturated carbocycles. The zero-order valence-electron chi connectivity index (χ0n) is 19.6. The van der Waals surface area contributed by atoms with Crippen LogP contribution in [-0.2, 0) is 21.3 Å². The molecule has 2 aliphatic heterocycles. The minimum atomic E-state index is -3.12. The maximum atomic E-state index is 11.9. The van der Waals surface area contributed by atoms with Crippen LogP contribution >= 0.6 is 11.3 Å². The Morgan fingerprint density at radius 2 is 1.89 bits per heavy atom. The fourth-order valence-corrected chi connectivity index (χ4v) is 6.94. The van der Waals surface area contributed by atoms with Crippen molar-refractivity contribution in [3.63, 3.8) is 0 Å². The number of morpholine rings is 1. The van der Waals surface area contributed by atoms with Gasteiger partial charge in [-0.05, 0) is 23.6 Å². The number of fused-ring (bicyclic) bond motifs is 2. The number of hydrogen-bond donors (Lipinski definition) is 1. The maximum Gasteiger partial charge on any atom is 0.211 e. The van der Waals surface area contributed by atoms with Crippen molar-refractivity contribution in [2.75, 3.05) is 63.6 Å². The van der Waals surface area contributed by atoms with Crippen LogP contribution in [0.25, 0.3) is 32.2 Å². The first-order valence-electron chi connectivity index (χ1n) is 11.8. The van der Waals surface area contributed by atoms with Crippen LogP contribution in [0.15, 0.2) is 36.5 Å². The molecule has 0 radical (unpaired) electrons. The Labute approximate surface area is 208 Å². The smallest absolute Gasteiger partial charge is 0.211 e. The molecule has 11 heteroatoms. The highest BCUT2D eigenvalue weighted by molar-refractivity contribution is 7.88. The van der Waals surface area contributed by atoms with E-state index >= 15 is 0 Å². The van der Waals surface area contributed by atoms with Crippen molar-refractivity contribution >= 4 is 48.2 Å². The van der Waals surface area contributed by atoms with Gasteiger partial charge in [-0.1, -0.05) is 12.1 Å². The maximum absolute atomic E-state index is 11.9. The van der Waals surface area contributed by atoms with Gasteiger partial charge < -0.3 is 9.64 Å².